The molecule has 0 bridgehead atoms. The van der Waals surface area contributed by atoms with Crippen LogP contribution in [0.5, 0.6) is 0 Å². The lowest BCUT2D eigenvalue weighted by Crippen LogP contribution is -2.35. The number of hydrogen-bond donors (Lipinski definition) is 1. The van der Waals surface area contributed by atoms with Gasteiger partial charge in [0.05, 0.1) is 6.54 Å². The number of carboxylic acids is 1. The highest BCUT2D eigenvalue weighted by atomic mass is 16.4. The van der Waals surface area contributed by atoms with Crippen LogP contribution in [0.2, 0.25) is 0 Å². The molecule has 1 aliphatic rings. The van der Waals surface area contributed by atoms with Crippen LogP contribution in [0.3, 0.4) is 0 Å². The van der Waals surface area contributed by atoms with E-state index in [4.69, 9.17) is 9.52 Å². The number of carbonyl (C=O) groups is 1. The first-order valence-corrected chi connectivity index (χ1v) is 7.00. The molecule has 1 saturated heterocycles. The summed E-state index contributed by atoms with van der Waals surface area (Å²) in [5, 5.41) is 17.2. The second kappa shape index (κ2) is 5.65. The Morgan fingerprint density at radius 3 is 3.10 bits per heavy atom. The van der Waals surface area contributed by atoms with E-state index in [1.165, 1.54) is 0 Å². The number of aromatic nitrogens is 2. The van der Waals surface area contributed by atoms with Gasteiger partial charge >= 0.3 is 5.97 Å². The lowest BCUT2D eigenvalue weighted by Gasteiger charge is -2.18. The van der Waals surface area contributed by atoms with Crippen molar-refractivity contribution in [3.63, 3.8) is 0 Å². The number of likely N-dealkylation sites (tertiary alicyclic amines) is 1. The van der Waals surface area contributed by atoms with E-state index in [0.29, 0.717) is 24.7 Å². The van der Waals surface area contributed by atoms with Gasteiger partial charge in [0.2, 0.25) is 11.8 Å². The number of aliphatic carboxylic acids is 1. The third kappa shape index (κ3) is 2.95. The van der Waals surface area contributed by atoms with Gasteiger partial charge in [-0.15, -0.1) is 10.2 Å². The van der Waals surface area contributed by atoms with E-state index in [-0.39, 0.29) is 0 Å². The summed E-state index contributed by atoms with van der Waals surface area (Å²) in [7, 11) is 0. The molecule has 3 rings (SSSR count). The normalized spacial score (nSPS) is 19.0. The van der Waals surface area contributed by atoms with Gasteiger partial charge in [-0.05, 0) is 38.4 Å². The van der Waals surface area contributed by atoms with E-state index < -0.39 is 12.0 Å². The molecule has 0 aliphatic carbocycles. The second-order valence-electron chi connectivity index (χ2n) is 5.34. The van der Waals surface area contributed by atoms with Crippen molar-refractivity contribution in [1.29, 1.82) is 0 Å². The third-order valence-electron chi connectivity index (χ3n) is 3.72. The number of aryl methyl sites for hydroxylation is 1. The first-order chi connectivity index (χ1) is 10.1. The minimum Gasteiger partial charge on any atom is -0.480 e. The van der Waals surface area contributed by atoms with Crippen LogP contribution in [-0.4, -0.2) is 38.8 Å². The molecular weight excluding hydrogens is 270 g/mol. The summed E-state index contributed by atoms with van der Waals surface area (Å²) in [4.78, 5) is 13.0. The molecule has 1 N–H and O–H groups in total. The minimum absolute atomic E-state index is 0.385. The topological polar surface area (TPSA) is 79.5 Å². The molecule has 1 aromatic heterocycles. The van der Waals surface area contributed by atoms with Gasteiger partial charge in [-0.2, -0.15) is 0 Å². The SMILES string of the molecule is Cc1cccc(-c2nnc(CN3CCCC3C(=O)O)o2)c1. The predicted octanol–water partition coefficient (Wildman–Crippen LogP) is 2.09. The molecule has 6 heteroatoms. The van der Waals surface area contributed by atoms with E-state index in [2.05, 4.69) is 10.2 Å². The zero-order valence-electron chi connectivity index (χ0n) is 11.8. The molecule has 6 nitrogen and oxygen atoms in total. The fraction of sp³-hybridized carbons (Fsp3) is 0.400. The summed E-state index contributed by atoms with van der Waals surface area (Å²) in [5.41, 5.74) is 2.00. The zero-order valence-corrected chi connectivity index (χ0v) is 11.8. The largest absolute Gasteiger partial charge is 0.480 e. The van der Waals surface area contributed by atoms with Crippen LogP contribution in [0.25, 0.3) is 11.5 Å². The average Bonchev–Trinajstić information content (AvgIpc) is 3.08. The number of hydrogen-bond acceptors (Lipinski definition) is 5. The van der Waals surface area contributed by atoms with Gasteiger partial charge in [0.1, 0.15) is 6.04 Å². The van der Waals surface area contributed by atoms with Gasteiger partial charge < -0.3 is 9.52 Å². The molecule has 1 atom stereocenters. The van der Waals surface area contributed by atoms with Crippen LogP contribution in [-0.2, 0) is 11.3 Å². The summed E-state index contributed by atoms with van der Waals surface area (Å²) in [5.74, 6) is 0.144. The van der Waals surface area contributed by atoms with Crippen LogP contribution in [0.1, 0.15) is 24.3 Å². The molecule has 21 heavy (non-hydrogen) atoms. The Morgan fingerprint density at radius 1 is 1.48 bits per heavy atom. The molecular formula is C15H17N3O3. The molecule has 1 aliphatic heterocycles. The Bertz CT molecular complexity index is 653. The van der Waals surface area contributed by atoms with Gasteiger partial charge in [0, 0.05) is 5.56 Å². The van der Waals surface area contributed by atoms with E-state index in [0.717, 1.165) is 24.1 Å². The number of rotatable bonds is 4. The Balaban J connectivity index is 1.75. The van der Waals surface area contributed by atoms with Crippen molar-refractivity contribution < 1.29 is 14.3 Å². The highest BCUT2D eigenvalue weighted by Crippen LogP contribution is 2.22. The molecule has 0 saturated carbocycles. The number of nitrogens with zero attached hydrogens (tertiary/aromatic N) is 3. The number of carboxylic acid groups (broad SMARTS) is 1. The van der Waals surface area contributed by atoms with Crippen LogP contribution < -0.4 is 0 Å². The minimum atomic E-state index is -0.786. The van der Waals surface area contributed by atoms with E-state index in [9.17, 15) is 4.79 Å². The second-order valence-corrected chi connectivity index (χ2v) is 5.34. The quantitative estimate of drug-likeness (QED) is 0.927. The molecule has 110 valence electrons. The van der Waals surface area contributed by atoms with Crippen LogP contribution in [0.15, 0.2) is 28.7 Å². The fourth-order valence-electron chi connectivity index (χ4n) is 2.68. The Kier molecular flexibility index (Phi) is 3.70. The lowest BCUT2D eigenvalue weighted by atomic mass is 10.1. The molecule has 1 aromatic carbocycles. The summed E-state index contributed by atoms with van der Waals surface area (Å²) < 4.78 is 5.66. The molecule has 0 spiro atoms. The summed E-state index contributed by atoms with van der Waals surface area (Å²) in [6.45, 7) is 3.14. The lowest BCUT2D eigenvalue weighted by molar-refractivity contribution is -0.142. The van der Waals surface area contributed by atoms with Crippen molar-refractivity contribution in [2.45, 2.75) is 32.4 Å². The highest BCUT2D eigenvalue weighted by molar-refractivity contribution is 5.73. The Labute approximate surface area is 122 Å². The highest BCUT2D eigenvalue weighted by Gasteiger charge is 2.31. The molecule has 2 heterocycles. The predicted molar refractivity (Wildman–Crippen MR) is 75.5 cm³/mol. The molecule has 1 fully saturated rings. The van der Waals surface area contributed by atoms with Crippen LogP contribution in [0.4, 0.5) is 0 Å². The maximum Gasteiger partial charge on any atom is 0.320 e. The van der Waals surface area contributed by atoms with E-state index in [1.807, 2.05) is 36.1 Å². The van der Waals surface area contributed by atoms with E-state index >= 15 is 0 Å². The summed E-state index contributed by atoms with van der Waals surface area (Å²) in [6.07, 6.45) is 1.56. The zero-order chi connectivity index (χ0) is 14.8. The van der Waals surface area contributed by atoms with Crippen molar-refractivity contribution in [2.24, 2.45) is 0 Å². The van der Waals surface area contributed by atoms with Gasteiger partial charge in [0.25, 0.3) is 0 Å². The molecule has 0 amide bonds. The van der Waals surface area contributed by atoms with Gasteiger partial charge in [-0.1, -0.05) is 17.7 Å². The van der Waals surface area contributed by atoms with Gasteiger partial charge in [0.15, 0.2) is 0 Å². The Morgan fingerprint density at radius 2 is 2.33 bits per heavy atom. The molecule has 0 radical (unpaired) electrons. The first-order valence-electron chi connectivity index (χ1n) is 7.00. The van der Waals surface area contributed by atoms with Crippen molar-refractivity contribution in [1.82, 2.24) is 15.1 Å². The van der Waals surface area contributed by atoms with Crippen LogP contribution >= 0.6 is 0 Å². The van der Waals surface area contributed by atoms with Gasteiger partial charge in [-0.25, -0.2) is 0 Å². The van der Waals surface area contributed by atoms with Crippen molar-refractivity contribution in [2.75, 3.05) is 6.54 Å². The standard InChI is InChI=1S/C15H17N3O3/c1-10-4-2-5-11(8-10)14-17-16-13(21-14)9-18-7-3-6-12(18)15(19)20/h2,4-5,8,12H,3,6-7,9H2,1H3,(H,19,20). The summed E-state index contributed by atoms with van der Waals surface area (Å²) in [6, 6.07) is 7.39. The average molecular weight is 287 g/mol. The van der Waals surface area contributed by atoms with Crippen molar-refractivity contribution >= 4 is 5.97 Å². The molecule has 1 unspecified atom stereocenters. The van der Waals surface area contributed by atoms with Gasteiger partial charge in [-0.3, -0.25) is 9.69 Å². The Hall–Kier alpha value is -2.21. The van der Waals surface area contributed by atoms with Crippen LogP contribution in [0, 0.1) is 6.92 Å². The smallest absolute Gasteiger partial charge is 0.320 e. The maximum atomic E-state index is 11.2. The van der Waals surface area contributed by atoms with E-state index in [1.54, 1.807) is 0 Å². The fourth-order valence-corrected chi connectivity index (χ4v) is 2.68. The summed E-state index contributed by atoms with van der Waals surface area (Å²) >= 11 is 0. The number of benzene rings is 1. The van der Waals surface area contributed by atoms with Crippen molar-refractivity contribution in [3.8, 4) is 11.5 Å². The molecule has 2 aromatic rings. The maximum absolute atomic E-state index is 11.2. The third-order valence-corrected chi connectivity index (χ3v) is 3.72. The first kappa shape index (κ1) is 13.8. The monoisotopic (exact) mass is 287 g/mol. The van der Waals surface area contributed by atoms with Crippen molar-refractivity contribution in [3.05, 3.63) is 35.7 Å².